The molecule has 6 nitrogen and oxygen atoms in total. The van der Waals surface area contributed by atoms with E-state index in [0.717, 1.165) is 16.8 Å². The molecule has 0 aliphatic carbocycles. The van der Waals surface area contributed by atoms with E-state index in [9.17, 15) is 4.79 Å². The van der Waals surface area contributed by atoms with Gasteiger partial charge in [0.05, 0.1) is 23.0 Å². The van der Waals surface area contributed by atoms with Gasteiger partial charge in [-0.1, -0.05) is 30.3 Å². The molecular weight excluding hydrogens is 442 g/mol. The minimum Gasteiger partial charge on any atom is -0.490 e. The van der Waals surface area contributed by atoms with Crippen molar-refractivity contribution in [2.24, 2.45) is 5.10 Å². The number of ether oxygens (including phenoxy) is 2. The lowest BCUT2D eigenvalue weighted by atomic mass is 10.2. The van der Waals surface area contributed by atoms with Crippen LogP contribution in [0.4, 0.5) is 5.13 Å². The lowest BCUT2D eigenvalue weighted by Gasteiger charge is -2.12. The normalized spacial score (nSPS) is 10.8. The molecule has 3 rings (SSSR count). The fraction of sp³-hybridized carbons (Fsp3) is 0.150. The molecule has 0 saturated heterocycles. The van der Waals surface area contributed by atoms with E-state index >= 15 is 0 Å². The second-order valence-corrected chi connectivity index (χ2v) is 7.34. The standard InChI is InChI=1S/C20H18BrN3O3S/c1-3-26-18-10-14(9-16(21)19(18)27-13(2)25)11-22-24-20-23-17(12-28-20)15-7-5-4-6-8-15/h4-12H,3H2,1-2H3,(H,23,24). The van der Waals surface area contributed by atoms with Gasteiger partial charge in [0, 0.05) is 17.9 Å². The zero-order valence-electron chi connectivity index (χ0n) is 15.3. The van der Waals surface area contributed by atoms with E-state index in [4.69, 9.17) is 9.47 Å². The minimum atomic E-state index is -0.414. The highest BCUT2D eigenvalue weighted by atomic mass is 79.9. The number of anilines is 1. The number of nitrogens with zero attached hydrogens (tertiary/aromatic N) is 2. The summed E-state index contributed by atoms with van der Waals surface area (Å²) in [6.07, 6.45) is 1.65. The molecular formula is C20H18BrN3O3S. The van der Waals surface area contributed by atoms with E-state index in [2.05, 4.69) is 31.4 Å². The van der Waals surface area contributed by atoms with Gasteiger partial charge < -0.3 is 9.47 Å². The maximum Gasteiger partial charge on any atom is 0.308 e. The number of carbonyl (C=O) groups is 1. The first-order chi connectivity index (χ1) is 13.6. The zero-order chi connectivity index (χ0) is 19.9. The van der Waals surface area contributed by atoms with Crippen molar-refractivity contribution in [3.8, 4) is 22.8 Å². The van der Waals surface area contributed by atoms with Gasteiger partial charge in [0.2, 0.25) is 5.13 Å². The molecule has 1 heterocycles. The average molecular weight is 460 g/mol. The van der Waals surface area contributed by atoms with Gasteiger partial charge in [-0.15, -0.1) is 11.3 Å². The Bertz CT molecular complexity index is 990. The van der Waals surface area contributed by atoms with Crippen LogP contribution in [0.15, 0.2) is 57.4 Å². The van der Waals surface area contributed by atoms with E-state index in [1.54, 1.807) is 18.3 Å². The topological polar surface area (TPSA) is 72.8 Å². The van der Waals surface area contributed by atoms with Gasteiger partial charge >= 0.3 is 5.97 Å². The first kappa shape index (κ1) is 20.0. The number of esters is 1. The molecule has 3 aromatic rings. The molecule has 2 aromatic carbocycles. The van der Waals surface area contributed by atoms with Crippen LogP contribution < -0.4 is 14.9 Å². The third-order valence-electron chi connectivity index (χ3n) is 3.53. The Morgan fingerprint density at radius 3 is 2.82 bits per heavy atom. The summed E-state index contributed by atoms with van der Waals surface area (Å²) in [5.41, 5.74) is 5.67. The fourth-order valence-corrected chi connectivity index (χ4v) is 3.61. The van der Waals surface area contributed by atoms with E-state index in [-0.39, 0.29) is 0 Å². The Morgan fingerprint density at radius 2 is 2.11 bits per heavy atom. The number of rotatable bonds is 7. The van der Waals surface area contributed by atoms with Gasteiger partial charge in [0.1, 0.15) is 0 Å². The van der Waals surface area contributed by atoms with Crippen LogP contribution in [0.25, 0.3) is 11.3 Å². The van der Waals surface area contributed by atoms with Crippen molar-refractivity contribution in [3.05, 3.63) is 57.9 Å². The van der Waals surface area contributed by atoms with E-state index in [0.29, 0.717) is 27.7 Å². The maximum absolute atomic E-state index is 11.3. The smallest absolute Gasteiger partial charge is 0.308 e. The van der Waals surface area contributed by atoms with Gasteiger partial charge in [-0.25, -0.2) is 4.98 Å². The number of nitrogens with one attached hydrogen (secondary N) is 1. The van der Waals surface area contributed by atoms with Crippen LogP contribution in [0.2, 0.25) is 0 Å². The molecule has 0 fully saturated rings. The Morgan fingerprint density at radius 1 is 1.32 bits per heavy atom. The molecule has 1 N–H and O–H groups in total. The average Bonchev–Trinajstić information content (AvgIpc) is 3.14. The fourth-order valence-electron chi connectivity index (χ4n) is 2.40. The number of hydrogen-bond donors (Lipinski definition) is 1. The molecule has 1 aromatic heterocycles. The minimum absolute atomic E-state index is 0.354. The molecule has 0 amide bonds. The highest BCUT2D eigenvalue weighted by Crippen LogP contribution is 2.36. The molecule has 0 unspecified atom stereocenters. The van der Waals surface area contributed by atoms with Crippen molar-refractivity contribution >= 4 is 44.6 Å². The number of hydrogen-bond acceptors (Lipinski definition) is 7. The number of hydrazone groups is 1. The zero-order valence-corrected chi connectivity index (χ0v) is 17.7. The second-order valence-electron chi connectivity index (χ2n) is 5.63. The predicted molar refractivity (Wildman–Crippen MR) is 115 cm³/mol. The van der Waals surface area contributed by atoms with Crippen LogP contribution in [0, 0.1) is 0 Å². The molecule has 0 radical (unpaired) electrons. The van der Waals surface area contributed by atoms with Crippen LogP contribution in [0.3, 0.4) is 0 Å². The SMILES string of the molecule is CCOc1cc(C=NNc2nc(-c3ccccc3)cs2)cc(Br)c1OC(C)=O. The molecule has 28 heavy (non-hydrogen) atoms. The summed E-state index contributed by atoms with van der Waals surface area (Å²) in [4.78, 5) is 15.8. The van der Waals surface area contributed by atoms with Crippen molar-refractivity contribution in [2.45, 2.75) is 13.8 Å². The van der Waals surface area contributed by atoms with Gasteiger partial charge in [-0.3, -0.25) is 10.2 Å². The van der Waals surface area contributed by atoms with Gasteiger partial charge in [-0.05, 0) is 40.5 Å². The monoisotopic (exact) mass is 459 g/mol. The van der Waals surface area contributed by atoms with Crippen LogP contribution in [0.5, 0.6) is 11.5 Å². The highest BCUT2D eigenvalue weighted by molar-refractivity contribution is 9.10. The number of thiazole rings is 1. The Balaban J connectivity index is 1.74. The number of aromatic nitrogens is 1. The van der Waals surface area contributed by atoms with Crippen LogP contribution >= 0.6 is 27.3 Å². The van der Waals surface area contributed by atoms with Crippen molar-refractivity contribution in [3.63, 3.8) is 0 Å². The largest absolute Gasteiger partial charge is 0.490 e. The highest BCUT2D eigenvalue weighted by Gasteiger charge is 2.13. The molecule has 0 spiro atoms. The van der Waals surface area contributed by atoms with Crippen molar-refractivity contribution < 1.29 is 14.3 Å². The molecule has 8 heteroatoms. The van der Waals surface area contributed by atoms with Gasteiger partial charge in [0.15, 0.2) is 11.5 Å². The van der Waals surface area contributed by atoms with Gasteiger partial charge in [0.25, 0.3) is 0 Å². The lowest BCUT2D eigenvalue weighted by Crippen LogP contribution is -2.05. The summed E-state index contributed by atoms with van der Waals surface area (Å²) in [7, 11) is 0. The molecule has 0 atom stereocenters. The van der Waals surface area contributed by atoms with Crippen LogP contribution in [0.1, 0.15) is 19.4 Å². The molecule has 0 aliphatic rings. The van der Waals surface area contributed by atoms with Crippen molar-refractivity contribution in [2.75, 3.05) is 12.0 Å². The summed E-state index contributed by atoms with van der Waals surface area (Å²) in [5.74, 6) is 0.406. The first-order valence-corrected chi connectivity index (χ1v) is 10.2. The quantitative estimate of drug-likeness (QED) is 0.223. The number of carbonyl (C=O) groups excluding carboxylic acids is 1. The van der Waals surface area contributed by atoms with E-state index in [1.165, 1.54) is 18.3 Å². The Labute approximate surface area is 175 Å². The maximum atomic E-state index is 11.3. The third-order valence-corrected chi connectivity index (χ3v) is 4.86. The summed E-state index contributed by atoms with van der Waals surface area (Å²) >= 11 is 4.89. The molecule has 0 aliphatic heterocycles. The van der Waals surface area contributed by atoms with Crippen molar-refractivity contribution in [1.29, 1.82) is 0 Å². The van der Waals surface area contributed by atoms with E-state index < -0.39 is 5.97 Å². The molecule has 144 valence electrons. The molecule has 0 saturated carbocycles. The summed E-state index contributed by atoms with van der Waals surface area (Å²) in [5, 5.41) is 6.91. The third kappa shape index (κ3) is 5.17. The number of halogens is 1. The van der Waals surface area contributed by atoms with Crippen molar-refractivity contribution in [1.82, 2.24) is 4.98 Å². The molecule has 0 bridgehead atoms. The predicted octanol–water partition coefficient (Wildman–Crippen LogP) is 5.34. The van der Waals surface area contributed by atoms with Gasteiger partial charge in [-0.2, -0.15) is 5.10 Å². The first-order valence-electron chi connectivity index (χ1n) is 8.51. The number of benzene rings is 2. The lowest BCUT2D eigenvalue weighted by molar-refractivity contribution is -0.132. The Kier molecular flexibility index (Phi) is 6.78. The summed E-state index contributed by atoms with van der Waals surface area (Å²) < 4.78 is 11.4. The summed E-state index contributed by atoms with van der Waals surface area (Å²) in [6, 6.07) is 13.5. The van der Waals surface area contributed by atoms with Crippen LogP contribution in [-0.4, -0.2) is 23.8 Å². The second kappa shape index (κ2) is 9.48. The van der Waals surface area contributed by atoms with Crippen LogP contribution in [-0.2, 0) is 4.79 Å². The summed E-state index contributed by atoms with van der Waals surface area (Å²) in [6.45, 7) is 3.65. The van der Waals surface area contributed by atoms with E-state index in [1.807, 2.05) is 42.6 Å². The Hall–Kier alpha value is -2.71.